The lowest BCUT2D eigenvalue weighted by molar-refractivity contribution is 0.0789. The number of rotatable bonds is 2. The van der Waals surface area contributed by atoms with Crippen LogP contribution in [0.15, 0.2) is 0 Å². The number of piperidine rings is 1. The third-order valence-electron chi connectivity index (χ3n) is 3.97. The van der Waals surface area contributed by atoms with Gasteiger partial charge in [0.05, 0.1) is 5.69 Å². The quantitative estimate of drug-likeness (QED) is 0.865. The molecule has 1 N–H and O–H groups in total. The van der Waals surface area contributed by atoms with Gasteiger partial charge in [0.2, 0.25) is 0 Å². The largest absolute Gasteiger partial charge is 0.336 e. The highest BCUT2D eigenvalue weighted by Gasteiger charge is 2.37. The number of likely N-dealkylation sites (tertiary alicyclic amines) is 1. The van der Waals surface area contributed by atoms with Gasteiger partial charge in [0.1, 0.15) is 4.88 Å². The van der Waals surface area contributed by atoms with Gasteiger partial charge in [-0.25, -0.2) is 0 Å². The van der Waals surface area contributed by atoms with Crippen LogP contribution >= 0.6 is 11.5 Å². The van der Waals surface area contributed by atoms with Crippen molar-refractivity contribution in [2.75, 3.05) is 19.6 Å². The number of fused-ring (bicyclic) bond motifs is 1. The Morgan fingerprint density at radius 1 is 1.56 bits per heavy atom. The number of carbonyl (C=O) groups is 1. The fourth-order valence-electron chi connectivity index (χ4n) is 2.96. The third kappa shape index (κ3) is 2.03. The molecule has 98 valence electrons. The molecule has 2 saturated heterocycles. The van der Waals surface area contributed by atoms with Crippen LogP contribution < -0.4 is 5.32 Å². The topological polar surface area (TPSA) is 58.1 Å². The molecule has 2 fully saturated rings. The summed E-state index contributed by atoms with van der Waals surface area (Å²) < 4.78 is 3.90. The standard InChI is InChI=1S/C12H18N4OS/c1-2-9-11(18-15-14-9)12(17)16-6-8-4-3-5-13-10(8)7-16/h8,10,13H,2-7H2,1H3/t8-,10+/m0/s1. The van der Waals surface area contributed by atoms with Gasteiger partial charge in [-0.15, -0.1) is 5.10 Å². The Bertz CT molecular complexity index is 433. The highest BCUT2D eigenvalue weighted by atomic mass is 32.1. The molecule has 18 heavy (non-hydrogen) atoms. The molecule has 3 rings (SSSR count). The molecule has 0 aliphatic carbocycles. The number of hydrogen-bond donors (Lipinski definition) is 1. The van der Waals surface area contributed by atoms with Crippen molar-refractivity contribution in [3.63, 3.8) is 0 Å². The first-order valence-corrected chi connectivity index (χ1v) is 7.40. The van der Waals surface area contributed by atoms with Crippen LogP contribution in [0.25, 0.3) is 0 Å². The molecule has 0 bridgehead atoms. The molecule has 2 aliphatic heterocycles. The number of nitrogens with zero attached hydrogens (tertiary/aromatic N) is 3. The molecule has 2 atom stereocenters. The molecule has 0 spiro atoms. The number of aryl methyl sites for hydroxylation is 1. The van der Waals surface area contributed by atoms with E-state index in [1.807, 2.05) is 11.8 Å². The highest BCUT2D eigenvalue weighted by Crippen LogP contribution is 2.27. The Kier molecular flexibility index (Phi) is 3.30. The van der Waals surface area contributed by atoms with Gasteiger partial charge < -0.3 is 10.2 Å². The summed E-state index contributed by atoms with van der Waals surface area (Å²) in [6, 6.07) is 0.494. The zero-order valence-corrected chi connectivity index (χ0v) is 11.4. The number of hydrogen-bond acceptors (Lipinski definition) is 5. The Balaban J connectivity index is 1.74. The summed E-state index contributed by atoms with van der Waals surface area (Å²) in [5.41, 5.74) is 0.841. The molecule has 0 aromatic carbocycles. The lowest BCUT2D eigenvalue weighted by Gasteiger charge is -2.24. The van der Waals surface area contributed by atoms with Gasteiger partial charge in [0.15, 0.2) is 0 Å². The summed E-state index contributed by atoms with van der Waals surface area (Å²) >= 11 is 1.23. The van der Waals surface area contributed by atoms with E-state index in [4.69, 9.17) is 0 Å². The molecular weight excluding hydrogens is 248 g/mol. The second-order valence-electron chi connectivity index (χ2n) is 5.08. The number of aromatic nitrogens is 2. The SMILES string of the molecule is CCc1nnsc1C(=O)N1C[C@@H]2CCCN[C@@H]2C1. The van der Waals surface area contributed by atoms with Crippen molar-refractivity contribution < 1.29 is 4.79 Å². The normalized spacial score (nSPS) is 27.3. The van der Waals surface area contributed by atoms with Gasteiger partial charge in [-0.3, -0.25) is 4.79 Å². The van der Waals surface area contributed by atoms with Crippen LogP contribution in [0.3, 0.4) is 0 Å². The minimum Gasteiger partial charge on any atom is -0.336 e. The van der Waals surface area contributed by atoms with E-state index in [0.717, 1.165) is 36.6 Å². The summed E-state index contributed by atoms with van der Waals surface area (Å²) in [4.78, 5) is 15.2. The average Bonchev–Trinajstić information content (AvgIpc) is 3.03. The first kappa shape index (κ1) is 12.0. The van der Waals surface area contributed by atoms with Crippen molar-refractivity contribution in [2.24, 2.45) is 5.92 Å². The number of nitrogens with one attached hydrogen (secondary N) is 1. The minimum atomic E-state index is 0.123. The van der Waals surface area contributed by atoms with Crippen LogP contribution in [-0.4, -0.2) is 46.1 Å². The molecule has 5 nitrogen and oxygen atoms in total. The zero-order valence-electron chi connectivity index (χ0n) is 10.6. The van der Waals surface area contributed by atoms with E-state index in [1.54, 1.807) is 0 Å². The van der Waals surface area contributed by atoms with Crippen molar-refractivity contribution in [3.05, 3.63) is 10.6 Å². The first-order chi connectivity index (χ1) is 8.79. The predicted molar refractivity (Wildman–Crippen MR) is 69.7 cm³/mol. The minimum absolute atomic E-state index is 0.123. The molecule has 1 aromatic heterocycles. The number of carbonyl (C=O) groups excluding carboxylic acids is 1. The Labute approximate surface area is 111 Å². The summed E-state index contributed by atoms with van der Waals surface area (Å²) in [7, 11) is 0. The van der Waals surface area contributed by atoms with E-state index in [0.29, 0.717) is 12.0 Å². The fourth-order valence-corrected chi connectivity index (χ4v) is 3.68. The van der Waals surface area contributed by atoms with Gasteiger partial charge in [0.25, 0.3) is 5.91 Å². The molecule has 1 aromatic rings. The molecule has 6 heteroatoms. The van der Waals surface area contributed by atoms with E-state index in [2.05, 4.69) is 14.9 Å². The van der Waals surface area contributed by atoms with Gasteiger partial charge in [-0.1, -0.05) is 11.4 Å². The van der Waals surface area contributed by atoms with E-state index in [-0.39, 0.29) is 5.91 Å². The molecule has 0 radical (unpaired) electrons. The van der Waals surface area contributed by atoms with Gasteiger partial charge in [0, 0.05) is 19.1 Å². The maximum Gasteiger partial charge on any atom is 0.267 e. The maximum absolute atomic E-state index is 12.5. The monoisotopic (exact) mass is 266 g/mol. The van der Waals surface area contributed by atoms with E-state index in [9.17, 15) is 4.79 Å². The van der Waals surface area contributed by atoms with E-state index in [1.165, 1.54) is 24.4 Å². The lowest BCUT2D eigenvalue weighted by atomic mass is 9.94. The highest BCUT2D eigenvalue weighted by molar-refractivity contribution is 7.08. The van der Waals surface area contributed by atoms with Crippen molar-refractivity contribution in [1.29, 1.82) is 0 Å². The van der Waals surface area contributed by atoms with E-state index < -0.39 is 0 Å². The van der Waals surface area contributed by atoms with Crippen LogP contribution in [0.4, 0.5) is 0 Å². The van der Waals surface area contributed by atoms with Crippen molar-refractivity contribution in [1.82, 2.24) is 19.8 Å². The van der Waals surface area contributed by atoms with Gasteiger partial charge in [-0.05, 0) is 43.3 Å². The second-order valence-corrected chi connectivity index (χ2v) is 5.83. The zero-order chi connectivity index (χ0) is 12.5. The Hall–Kier alpha value is -1.01. The second kappa shape index (κ2) is 4.93. The smallest absolute Gasteiger partial charge is 0.267 e. The maximum atomic E-state index is 12.5. The van der Waals surface area contributed by atoms with Crippen LogP contribution in [0.2, 0.25) is 0 Å². The van der Waals surface area contributed by atoms with Crippen molar-refractivity contribution in [3.8, 4) is 0 Å². The molecular formula is C12H18N4OS. The predicted octanol–water partition coefficient (Wildman–Crippen LogP) is 0.924. The van der Waals surface area contributed by atoms with Crippen LogP contribution in [0.5, 0.6) is 0 Å². The lowest BCUT2D eigenvalue weighted by Crippen LogP contribution is -2.41. The first-order valence-electron chi connectivity index (χ1n) is 6.63. The van der Waals surface area contributed by atoms with E-state index >= 15 is 0 Å². The van der Waals surface area contributed by atoms with Crippen LogP contribution in [-0.2, 0) is 6.42 Å². The van der Waals surface area contributed by atoms with Gasteiger partial charge >= 0.3 is 0 Å². The van der Waals surface area contributed by atoms with Crippen molar-refractivity contribution >= 4 is 17.4 Å². The van der Waals surface area contributed by atoms with Gasteiger partial charge in [-0.2, -0.15) is 0 Å². The Morgan fingerprint density at radius 3 is 3.22 bits per heavy atom. The van der Waals surface area contributed by atoms with Crippen molar-refractivity contribution in [2.45, 2.75) is 32.2 Å². The molecule has 0 unspecified atom stereocenters. The summed E-state index contributed by atoms with van der Waals surface area (Å²) in [5, 5.41) is 7.54. The molecule has 0 saturated carbocycles. The Morgan fingerprint density at radius 2 is 2.44 bits per heavy atom. The number of amides is 1. The summed E-state index contributed by atoms with van der Waals surface area (Å²) in [6.07, 6.45) is 3.24. The summed E-state index contributed by atoms with van der Waals surface area (Å²) in [6.45, 7) is 4.83. The molecule has 1 amide bonds. The fraction of sp³-hybridized carbons (Fsp3) is 0.750. The third-order valence-corrected chi connectivity index (χ3v) is 4.73. The van der Waals surface area contributed by atoms with Crippen LogP contribution in [0.1, 0.15) is 35.1 Å². The van der Waals surface area contributed by atoms with Crippen LogP contribution in [0, 0.1) is 5.92 Å². The molecule has 2 aliphatic rings. The summed E-state index contributed by atoms with van der Waals surface area (Å²) in [5.74, 6) is 0.756. The average molecular weight is 266 g/mol. The molecule has 3 heterocycles.